The van der Waals surface area contributed by atoms with E-state index in [1.54, 1.807) is 0 Å². The average Bonchev–Trinajstić information content (AvgIpc) is 2.34. The van der Waals surface area contributed by atoms with Gasteiger partial charge in [-0.05, 0) is 39.2 Å². The van der Waals surface area contributed by atoms with Gasteiger partial charge in [0, 0.05) is 18.3 Å². The third-order valence-electron chi connectivity index (χ3n) is 2.54. The number of hydrogen-bond donors (Lipinski definition) is 2. The monoisotopic (exact) mass is 302 g/mol. The Morgan fingerprint density at radius 3 is 2.60 bits per heavy atom. The predicted octanol–water partition coefficient (Wildman–Crippen LogP) is 0.407. The van der Waals surface area contributed by atoms with Gasteiger partial charge in [-0.1, -0.05) is 0 Å². The van der Waals surface area contributed by atoms with Crippen LogP contribution in [0.4, 0.5) is 11.4 Å². The number of rotatable bonds is 7. The highest BCUT2D eigenvalue weighted by Gasteiger charge is 2.25. The highest BCUT2D eigenvalue weighted by Crippen LogP contribution is 2.25. The van der Waals surface area contributed by atoms with Crippen LogP contribution < -0.4 is 10.5 Å². The van der Waals surface area contributed by atoms with Gasteiger partial charge in [-0.2, -0.15) is 0 Å². The lowest BCUT2D eigenvalue weighted by Gasteiger charge is -2.10. The molecule has 0 heterocycles. The molecule has 0 saturated heterocycles. The Kier molecular flexibility index (Phi) is 5.43. The number of hydrogen-bond acceptors (Lipinski definition) is 6. The molecule has 0 saturated carbocycles. The normalized spacial score (nSPS) is 11.8. The number of nitrogens with zero attached hydrogens (tertiary/aromatic N) is 2. The minimum Gasteiger partial charge on any atom is -0.399 e. The fourth-order valence-corrected chi connectivity index (χ4v) is 2.81. The van der Waals surface area contributed by atoms with Gasteiger partial charge in [-0.3, -0.25) is 10.1 Å². The Morgan fingerprint density at radius 1 is 1.40 bits per heavy atom. The number of nitrogens with two attached hydrogens (primary N) is 1. The highest BCUT2D eigenvalue weighted by atomic mass is 32.2. The molecule has 0 bridgehead atoms. The second kappa shape index (κ2) is 6.64. The molecule has 0 amide bonds. The van der Waals surface area contributed by atoms with Gasteiger partial charge < -0.3 is 10.6 Å². The molecule has 0 atom stereocenters. The molecule has 1 aromatic rings. The van der Waals surface area contributed by atoms with E-state index >= 15 is 0 Å². The summed E-state index contributed by atoms with van der Waals surface area (Å²) >= 11 is 0. The second-order valence-electron chi connectivity index (χ2n) is 4.54. The van der Waals surface area contributed by atoms with Crippen molar-refractivity contribution in [1.82, 2.24) is 9.62 Å². The van der Waals surface area contributed by atoms with Gasteiger partial charge in [-0.15, -0.1) is 0 Å². The number of anilines is 1. The summed E-state index contributed by atoms with van der Waals surface area (Å²) in [4.78, 5) is 11.7. The van der Waals surface area contributed by atoms with Crippen LogP contribution >= 0.6 is 0 Å². The molecule has 8 nitrogen and oxygen atoms in total. The maximum Gasteiger partial charge on any atom is 0.291 e. The van der Waals surface area contributed by atoms with E-state index in [1.165, 1.54) is 6.07 Å². The zero-order valence-electron chi connectivity index (χ0n) is 11.4. The number of benzene rings is 1. The van der Waals surface area contributed by atoms with Gasteiger partial charge in [0.05, 0.1) is 4.92 Å². The molecule has 0 unspecified atom stereocenters. The lowest BCUT2D eigenvalue weighted by molar-refractivity contribution is -0.387. The quantitative estimate of drug-likeness (QED) is 0.326. The molecule has 3 N–H and O–H groups in total. The van der Waals surface area contributed by atoms with Crippen LogP contribution in [0.3, 0.4) is 0 Å². The number of nitrogen functional groups attached to an aromatic ring is 1. The van der Waals surface area contributed by atoms with Crippen LogP contribution in [0.5, 0.6) is 0 Å². The Hall–Kier alpha value is -1.71. The van der Waals surface area contributed by atoms with E-state index in [9.17, 15) is 18.5 Å². The van der Waals surface area contributed by atoms with Crippen molar-refractivity contribution in [3.8, 4) is 0 Å². The van der Waals surface area contributed by atoms with E-state index in [0.29, 0.717) is 13.0 Å². The fourth-order valence-electron chi connectivity index (χ4n) is 1.58. The summed E-state index contributed by atoms with van der Waals surface area (Å²) in [5.74, 6) is 0. The molecule has 0 fully saturated rings. The maximum absolute atomic E-state index is 12.0. The van der Waals surface area contributed by atoms with Gasteiger partial charge in [0.1, 0.15) is 0 Å². The summed E-state index contributed by atoms with van der Waals surface area (Å²) in [5, 5.41) is 10.9. The summed E-state index contributed by atoms with van der Waals surface area (Å²) in [6, 6.07) is 3.50. The molecule has 0 aliphatic carbocycles. The van der Waals surface area contributed by atoms with Gasteiger partial charge in [-0.25, -0.2) is 13.1 Å². The molecule has 20 heavy (non-hydrogen) atoms. The first-order valence-electron chi connectivity index (χ1n) is 5.92. The van der Waals surface area contributed by atoms with Gasteiger partial charge in [0.25, 0.3) is 5.69 Å². The zero-order valence-corrected chi connectivity index (χ0v) is 12.2. The number of nitro benzene ring substituents is 1. The molecule has 0 aliphatic heterocycles. The largest absolute Gasteiger partial charge is 0.399 e. The first-order valence-corrected chi connectivity index (χ1v) is 7.40. The Morgan fingerprint density at radius 2 is 2.05 bits per heavy atom. The van der Waals surface area contributed by atoms with E-state index in [2.05, 4.69) is 4.72 Å². The summed E-state index contributed by atoms with van der Waals surface area (Å²) in [6.07, 6.45) is 0.606. The van der Waals surface area contributed by atoms with Crippen LogP contribution in [0.25, 0.3) is 0 Å². The van der Waals surface area contributed by atoms with Crippen molar-refractivity contribution >= 4 is 21.4 Å². The van der Waals surface area contributed by atoms with Crippen molar-refractivity contribution in [2.75, 3.05) is 32.9 Å². The molecule has 112 valence electrons. The van der Waals surface area contributed by atoms with Gasteiger partial charge in [0.2, 0.25) is 10.0 Å². The SMILES string of the molecule is CN(C)CCCNS(=O)(=O)c1ccc(N)cc1[N+](=O)[O-]. The van der Waals surface area contributed by atoms with Crippen LogP contribution in [0.1, 0.15) is 6.42 Å². The van der Waals surface area contributed by atoms with Crippen molar-refractivity contribution in [2.45, 2.75) is 11.3 Å². The lowest BCUT2D eigenvalue weighted by atomic mass is 10.3. The van der Waals surface area contributed by atoms with Crippen LogP contribution in [0.15, 0.2) is 23.1 Å². The fraction of sp³-hybridized carbons (Fsp3) is 0.455. The minimum absolute atomic E-state index is 0.142. The van der Waals surface area contributed by atoms with E-state index in [0.717, 1.165) is 12.1 Å². The van der Waals surface area contributed by atoms with Gasteiger partial charge in [0.15, 0.2) is 4.90 Å². The van der Waals surface area contributed by atoms with Crippen LogP contribution in [0.2, 0.25) is 0 Å². The van der Waals surface area contributed by atoms with Crippen molar-refractivity contribution < 1.29 is 13.3 Å². The third-order valence-corrected chi connectivity index (χ3v) is 4.05. The van der Waals surface area contributed by atoms with E-state index < -0.39 is 20.6 Å². The zero-order chi connectivity index (χ0) is 15.3. The van der Waals surface area contributed by atoms with Crippen molar-refractivity contribution in [2.24, 2.45) is 0 Å². The summed E-state index contributed by atoms with van der Waals surface area (Å²) in [6.45, 7) is 0.925. The highest BCUT2D eigenvalue weighted by molar-refractivity contribution is 7.89. The number of sulfonamides is 1. The predicted molar refractivity (Wildman–Crippen MR) is 75.9 cm³/mol. The molecule has 9 heteroatoms. The number of nitro groups is 1. The first-order chi connectivity index (χ1) is 9.24. The second-order valence-corrected chi connectivity index (χ2v) is 6.27. The number of nitrogens with one attached hydrogen (secondary N) is 1. The smallest absolute Gasteiger partial charge is 0.291 e. The lowest BCUT2D eigenvalue weighted by Crippen LogP contribution is -2.27. The Balaban J connectivity index is 2.90. The Bertz CT molecular complexity index is 586. The van der Waals surface area contributed by atoms with Crippen molar-refractivity contribution in [3.63, 3.8) is 0 Å². The van der Waals surface area contributed by atoms with Crippen LogP contribution in [-0.4, -0.2) is 45.4 Å². The summed E-state index contributed by atoms with van der Waals surface area (Å²) in [7, 11) is -0.168. The molecular formula is C11H18N4O4S. The van der Waals surface area contributed by atoms with E-state index in [4.69, 9.17) is 5.73 Å². The molecule has 1 aromatic carbocycles. The van der Waals surface area contributed by atoms with E-state index in [-0.39, 0.29) is 17.1 Å². The first kappa shape index (κ1) is 16.3. The Labute approximate surface area is 117 Å². The minimum atomic E-state index is -3.92. The molecule has 0 spiro atoms. The molecule has 0 radical (unpaired) electrons. The van der Waals surface area contributed by atoms with E-state index in [1.807, 2.05) is 19.0 Å². The van der Waals surface area contributed by atoms with Crippen molar-refractivity contribution in [1.29, 1.82) is 0 Å². The summed E-state index contributed by atoms with van der Waals surface area (Å²) < 4.78 is 26.4. The van der Waals surface area contributed by atoms with Crippen molar-refractivity contribution in [3.05, 3.63) is 28.3 Å². The maximum atomic E-state index is 12.0. The van der Waals surface area contributed by atoms with Crippen LogP contribution in [0, 0.1) is 10.1 Å². The molecule has 0 aliphatic rings. The van der Waals surface area contributed by atoms with Crippen LogP contribution in [-0.2, 0) is 10.0 Å². The standard InChI is InChI=1S/C11H18N4O4S/c1-14(2)7-3-6-13-20(18,19)11-5-4-9(12)8-10(11)15(16)17/h4-5,8,13H,3,6-7,12H2,1-2H3. The summed E-state index contributed by atoms with van der Waals surface area (Å²) in [5.41, 5.74) is 5.06. The van der Waals surface area contributed by atoms with Gasteiger partial charge >= 0.3 is 0 Å². The topological polar surface area (TPSA) is 119 Å². The molecular weight excluding hydrogens is 284 g/mol. The molecule has 0 aromatic heterocycles. The average molecular weight is 302 g/mol. The third kappa shape index (κ3) is 4.44. The molecule has 1 rings (SSSR count).